The van der Waals surface area contributed by atoms with E-state index in [1.165, 1.54) is 25.6 Å². The van der Waals surface area contributed by atoms with Crippen LogP contribution in [0.4, 0.5) is 5.69 Å². The van der Waals surface area contributed by atoms with Gasteiger partial charge in [0, 0.05) is 24.0 Å². The van der Waals surface area contributed by atoms with E-state index in [9.17, 15) is 14.4 Å². The van der Waals surface area contributed by atoms with Gasteiger partial charge in [0.1, 0.15) is 0 Å². The van der Waals surface area contributed by atoms with E-state index in [2.05, 4.69) is 15.6 Å². The van der Waals surface area contributed by atoms with Crippen LogP contribution in [0.2, 0.25) is 0 Å². The smallest absolute Gasteiger partial charge is 0.357 e. The molecule has 0 unspecified atom stereocenters. The topological polar surface area (TPSA) is 102 Å². The zero-order valence-corrected chi connectivity index (χ0v) is 15.1. The molecule has 0 aliphatic heterocycles. The first kappa shape index (κ1) is 18.8. The summed E-state index contributed by atoms with van der Waals surface area (Å²) in [5, 5.41) is 5.10. The number of imidazole rings is 1. The van der Waals surface area contributed by atoms with Crippen LogP contribution >= 0.6 is 0 Å². The van der Waals surface area contributed by atoms with E-state index < -0.39 is 18.5 Å². The summed E-state index contributed by atoms with van der Waals surface area (Å²) in [7, 11) is 1.52. The summed E-state index contributed by atoms with van der Waals surface area (Å²) in [6.07, 6.45) is 2.87. The SMILES string of the molecule is CNC(=O)c1cccc(NC(=O)COC(=O)c2cncn2-c2ccccc2)c1. The molecule has 0 spiro atoms. The average molecular weight is 378 g/mol. The lowest BCUT2D eigenvalue weighted by Gasteiger charge is -2.09. The lowest BCUT2D eigenvalue weighted by Crippen LogP contribution is -2.22. The maximum Gasteiger partial charge on any atom is 0.357 e. The van der Waals surface area contributed by atoms with E-state index in [-0.39, 0.29) is 11.6 Å². The molecule has 8 heteroatoms. The number of esters is 1. The third-order valence-electron chi connectivity index (χ3n) is 3.85. The number of carbonyl (C=O) groups excluding carboxylic acids is 3. The highest BCUT2D eigenvalue weighted by Gasteiger charge is 2.16. The molecular weight excluding hydrogens is 360 g/mol. The number of carbonyl (C=O) groups is 3. The lowest BCUT2D eigenvalue weighted by atomic mass is 10.2. The van der Waals surface area contributed by atoms with Crippen molar-refractivity contribution in [3.05, 3.63) is 78.4 Å². The molecule has 2 N–H and O–H groups in total. The molecule has 0 aliphatic carbocycles. The van der Waals surface area contributed by atoms with Crippen molar-refractivity contribution in [3.8, 4) is 5.69 Å². The van der Waals surface area contributed by atoms with E-state index in [1.54, 1.807) is 22.8 Å². The van der Waals surface area contributed by atoms with Crippen molar-refractivity contribution in [1.29, 1.82) is 0 Å². The summed E-state index contributed by atoms with van der Waals surface area (Å²) in [6.45, 7) is -0.469. The monoisotopic (exact) mass is 378 g/mol. The zero-order chi connectivity index (χ0) is 19.9. The van der Waals surface area contributed by atoms with Gasteiger partial charge in [0.05, 0.1) is 12.5 Å². The fourth-order valence-electron chi connectivity index (χ4n) is 2.53. The number of para-hydroxylation sites is 1. The highest BCUT2D eigenvalue weighted by atomic mass is 16.5. The number of nitrogens with zero attached hydrogens (tertiary/aromatic N) is 2. The molecule has 0 radical (unpaired) electrons. The van der Waals surface area contributed by atoms with Crippen molar-refractivity contribution in [2.45, 2.75) is 0 Å². The molecule has 28 heavy (non-hydrogen) atoms. The Kier molecular flexibility index (Phi) is 5.81. The molecule has 0 saturated heterocycles. The van der Waals surface area contributed by atoms with E-state index >= 15 is 0 Å². The van der Waals surface area contributed by atoms with Crippen molar-refractivity contribution in [3.63, 3.8) is 0 Å². The Labute approximate surface area is 161 Å². The second-order valence-electron chi connectivity index (χ2n) is 5.77. The van der Waals surface area contributed by atoms with Gasteiger partial charge in [-0.3, -0.25) is 14.2 Å². The van der Waals surface area contributed by atoms with Crippen LogP contribution in [0.3, 0.4) is 0 Å². The number of anilines is 1. The van der Waals surface area contributed by atoms with Gasteiger partial charge >= 0.3 is 5.97 Å². The molecule has 0 fully saturated rings. The molecule has 8 nitrogen and oxygen atoms in total. The minimum atomic E-state index is -0.671. The molecule has 2 aromatic carbocycles. The number of benzene rings is 2. The Balaban J connectivity index is 1.61. The first-order valence-electron chi connectivity index (χ1n) is 8.45. The van der Waals surface area contributed by atoms with Crippen molar-refractivity contribution in [1.82, 2.24) is 14.9 Å². The molecule has 0 atom stereocenters. The quantitative estimate of drug-likeness (QED) is 0.639. The summed E-state index contributed by atoms with van der Waals surface area (Å²) in [5.41, 5.74) is 1.79. The summed E-state index contributed by atoms with van der Waals surface area (Å²) < 4.78 is 6.67. The zero-order valence-electron chi connectivity index (χ0n) is 15.1. The highest BCUT2D eigenvalue weighted by Crippen LogP contribution is 2.13. The van der Waals surface area contributed by atoms with E-state index in [0.717, 1.165) is 5.69 Å². The molecule has 2 amide bonds. The van der Waals surface area contributed by atoms with Crippen molar-refractivity contribution < 1.29 is 19.1 Å². The van der Waals surface area contributed by atoms with Gasteiger partial charge in [-0.25, -0.2) is 9.78 Å². The van der Waals surface area contributed by atoms with Gasteiger partial charge in [-0.15, -0.1) is 0 Å². The number of amides is 2. The number of ether oxygens (including phenoxy) is 1. The highest BCUT2D eigenvalue weighted by molar-refractivity contribution is 5.98. The van der Waals surface area contributed by atoms with Crippen LogP contribution in [-0.2, 0) is 9.53 Å². The number of hydrogen-bond acceptors (Lipinski definition) is 5. The van der Waals surface area contributed by atoms with Crippen molar-refractivity contribution in [2.24, 2.45) is 0 Å². The Hall–Kier alpha value is -3.94. The summed E-state index contributed by atoms with van der Waals surface area (Å²) in [6, 6.07) is 15.6. The predicted molar refractivity (Wildman–Crippen MR) is 102 cm³/mol. The average Bonchev–Trinajstić information content (AvgIpc) is 3.22. The molecule has 3 aromatic rings. The van der Waals surface area contributed by atoms with Gasteiger partial charge in [0.2, 0.25) is 0 Å². The molecule has 1 aromatic heterocycles. The minimum absolute atomic E-state index is 0.209. The second kappa shape index (κ2) is 8.63. The number of rotatable bonds is 6. The van der Waals surface area contributed by atoms with E-state index in [1.807, 2.05) is 30.3 Å². The van der Waals surface area contributed by atoms with E-state index in [0.29, 0.717) is 11.3 Å². The van der Waals surface area contributed by atoms with Crippen LogP contribution < -0.4 is 10.6 Å². The molecular formula is C20H18N4O4. The van der Waals surface area contributed by atoms with Crippen LogP contribution in [0.5, 0.6) is 0 Å². The Bertz CT molecular complexity index is 998. The van der Waals surface area contributed by atoms with Gasteiger partial charge < -0.3 is 15.4 Å². The Morgan fingerprint density at radius 2 is 1.86 bits per heavy atom. The molecule has 0 saturated carbocycles. The maximum absolute atomic E-state index is 12.3. The van der Waals surface area contributed by atoms with Gasteiger partial charge in [0.15, 0.2) is 12.3 Å². The largest absolute Gasteiger partial charge is 0.451 e. The fourth-order valence-corrected chi connectivity index (χ4v) is 2.53. The first-order valence-corrected chi connectivity index (χ1v) is 8.45. The van der Waals surface area contributed by atoms with Crippen LogP contribution in [0.15, 0.2) is 67.1 Å². The Morgan fingerprint density at radius 1 is 1.07 bits per heavy atom. The Morgan fingerprint density at radius 3 is 2.61 bits per heavy atom. The van der Waals surface area contributed by atoms with Gasteiger partial charge in [-0.05, 0) is 30.3 Å². The van der Waals surface area contributed by atoms with Crippen molar-refractivity contribution in [2.75, 3.05) is 19.0 Å². The van der Waals surface area contributed by atoms with Gasteiger partial charge in [0.25, 0.3) is 11.8 Å². The molecule has 0 bridgehead atoms. The van der Waals surface area contributed by atoms with E-state index in [4.69, 9.17) is 4.74 Å². The molecule has 0 aliphatic rings. The molecule has 142 valence electrons. The number of nitrogens with one attached hydrogen (secondary N) is 2. The normalized spacial score (nSPS) is 10.2. The van der Waals surface area contributed by atoms with Crippen molar-refractivity contribution >= 4 is 23.5 Å². The van der Waals surface area contributed by atoms with Crippen LogP contribution in [0.1, 0.15) is 20.8 Å². The van der Waals surface area contributed by atoms with Crippen LogP contribution in [-0.4, -0.2) is 41.0 Å². The van der Waals surface area contributed by atoms with Crippen LogP contribution in [0.25, 0.3) is 5.69 Å². The number of hydrogen-bond donors (Lipinski definition) is 2. The second-order valence-corrected chi connectivity index (χ2v) is 5.77. The fraction of sp³-hybridized carbons (Fsp3) is 0.100. The lowest BCUT2D eigenvalue weighted by molar-refractivity contribution is -0.119. The molecule has 3 rings (SSSR count). The predicted octanol–water partition coefficient (Wildman–Crippen LogP) is 2.03. The summed E-state index contributed by atoms with van der Waals surface area (Å²) >= 11 is 0. The standard InChI is InChI=1S/C20H18N4O4/c1-21-19(26)14-6-5-7-15(10-14)23-18(25)12-28-20(27)17-11-22-13-24(17)16-8-3-2-4-9-16/h2-11,13H,12H2,1H3,(H,21,26)(H,23,25). The third kappa shape index (κ3) is 4.42. The summed E-state index contributed by atoms with van der Waals surface area (Å²) in [5.74, 6) is -1.46. The maximum atomic E-state index is 12.3. The molecule has 1 heterocycles. The number of aromatic nitrogens is 2. The van der Waals surface area contributed by atoms with Gasteiger partial charge in [-0.1, -0.05) is 24.3 Å². The van der Waals surface area contributed by atoms with Crippen LogP contribution in [0, 0.1) is 0 Å². The third-order valence-corrected chi connectivity index (χ3v) is 3.85. The first-order chi connectivity index (χ1) is 13.6. The van der Waals surface area contributed by atoms with Gasteiger partial charge in [-0.2, -0.15) is 0 Å². The summed E-state index contributed by atoms with van der Waals surface area (Å²) in [4.78, 5) is 40.0. The minimum Gasteiger partial charge on any atom is -0.451 e.